The van der Waals surface area contributed by atoms with Crippen molar-refractivity contribution in [1.29, 1.82) is 0 Å². The molecule has 0 radical (unpaired) electrons. The third kappa shape index (κ3) is 6.16. The number of halogens is 3. The van der Waals surface area contributed by atoms with E-state index in [-0.39, 0.29) is 30.0 Å². The van der Waals surface area contributed by atoms with Gasteiger partial charge in [-0.2, -0.15) is 0 Å². The lowest BCUT2D eigenvalue weighted by molar-refractivity contribution is 0.598. The molecule has 1 aliphatic rings. The molecule has 4 nitrogen and oxygen atoms in total. The van der Waals surface area contributed by atoms with Gasteiger partial charge in [-0.1, -0.05) is 47.5 Å². The number of nitrogens with two attached hydrogens (primary N) is 1. The van der Waals surface area contributed by atoms with E-state index < -0.39 is 0 Å². The van der Waals surface area contributed by atoms with Crippen LogP contribution in [0.4, 0.5) is 5.69 Å². The van der Waals surface area contributed by atoms with E-state index in [2.05, 4.69) is 39.5 Å². The zero-order valence-electron chi connectivity index (χ0n) is 15.2. The van der Waals surface area contributed by atoms with Gasteiger partial charge in [-0.05, 0) is 49.1 Å². The summed E-state index contributed by atoms with van der Waals surface area (Å²) in [6.07, 6.45) is 1.13. The van der Waals surface area contributed by atoms with E-state index in [1.807, 2.05) is 25.1 Å². The molecule has 0 saturated carbocycles. The minimum Gasteiger partial charge on any atom is -0.371 e. The number of nitrogens with zero attached hydrogens (tertiary/aromatic N) is 2. The lowest BCUT2D eigenvalue weighted by Gasteiger charge is -2.18. The van der Waals surface area contributed by atoms with Gasteiger partial charge in [-0.3, -0.25) is 4.99 Å². The zero-order chi connectivity index (χ0) is 18.5. The smallest absolute Gasteiger partial charge is 0.189 e. The summed E-state index contributed by atoms with van der Waals surface area (Å²) in [5.41, 5.74) is 8.30. The molecule has 1 heterocycles. The van der Waals surface area contributed by atoms with Gasteiger partial charge in [0.1, 0.15) is 0 Å². The Morgan fingerprint density at radius 2 is 2.00 bits per heavy atom. The van der Waals surface area contributed by atoms with E-state index >= 15 is 0 Å². The molecule has 146 valence electrons. The van der Waals surface area contributed by atoms with Gasteiger partial charge in [0.2, 0.25) is 0 Å². The summed E-state index contributed by atoms with van der Waals surface area (Å²) in [5, 5.41) is 4.46. The Kier molecular flexibility index (Phi) is 8.51. The van der Waals surface area contributed by atoms with E-state index in [9.17, 15) is 0 Å². The van der Waals surface area contributed by atoms with Crippen LogP contribution in [0.1, 0.15) is 24.9 Å². The molecule has 2 atom stereocenters. The van der Waals surface area contributed by atoms with Crippen LogP contribution in [0.15, 0.2) is 53.5 Å². The lowest BCUT2D eigenvalue weighted by Crippen LogP contribution is -2.34. The Morgan fingerprint density at radius 3 is 2.70 bits per heavy atom. The third-order valence-electron chi connectivity index (χ3n) is 4.72. The van der Waals surface area contributed by atoms with E-state index in [0.29, 0.717) is 21.9 Å². The summed E-state index contributed by atoms with van der Waals surface area (Å²) in [6.45, 7) is 4.81. The number of hydrogen-bond donors (Lipinski definition) is 2. The molecule has 0 bridgehead atoms. The molecule has 0 aromatic heterocycles. The van der Waals surface area contributed by atoms with Crippen molar-refractivity contribution < 1.29 is 0 Å². The standard InChI is InChI=1S/C20H24Cl2N4.HI/c1-14(18-8-7-16(21)11-19(18)22)25-20(23)24-12-15-9-10-26(13-15)17-5-3-2-4-6-17;/h2-8,11,14-15H,9-10,12-13H2,1H3,(H3,23,24,25);1H. The van der Waals surface area contributed by atoms with Crippen molar-refractivity contribution in [2.24, 2.45) is 16.6 Å². The highest BCUT2D eigenvalue weighted by Crippen LogP contribution is 2.26. The van der Waals surface area contributed by atoms with Gasteiger partial charge in [0.25, 0.3) is 0 Å². The predicted octanol–water partition coefficient (Wildman–Crippen LogP) is 5.10. The van der Waals surface area contributed by atoms with Crippen LogP contribution in [-0.2, 0) is 0 Å². The van der Waals surface area contributed by atoms with Crippen molar-refractivity contribution in [3.63, 3.8) is 0 Å². The molecule has 0 spiro atoms. The maximum atomic E-state index is 6.25. The van der Waals surface area contributed by atoms with Gasteiger partial charge in [-0.25, -0.2) is 0 Å². The van der Waals surface area contributed by atoms with E-state index in [4.69, 9.17) is 28.9 Å². The minimum absolute atomic E-state index is 0. The maximum Gasteiger partial charge on any atom is 0.189 e. The Labute approximate surface area is 188 Å². The Hall–Kier alpha value is -1.18. The molecule has 2 aromatic rings. The van der Waals surface area contributed by atoms with Crippen LogP contribution >= 0.6 is 47.2 Å². The highest BCUT2D eigenvalue weighted by Gasteiger charge is 2.22. The summed E-state index contributed by atoms with van der Waals surface area (Å²) < 4.78 is 0. The van der Waals surface area contributed by atoms with Crippen LogP contribution in [0.5, 0.6) is 0 Å². The number of rotatable bonds is 5. The first-order valence-corrected chi connectivity index (χ1v) is 9.60. The lowest BCUT2D eigenvalue weighted by atomic mass is 10.1. The fourth-order valence-corrected chi connectivity index (χ4v) is 3.85. The molecule has 1 aliphatic heterocycles. The van der Waals surface area contributed by atoms with Gasteiger partial charge in [-0.15, -0.1) is 24.0 Å². The molecule has 1 saturated heterocycles. The third-order valence-corrected chi connectivity index (χ3v) is 5.28. The summed E-state index contributed by atoms with van der Waals surface area (Å²) >= 11 is 12.2. The number of guanidine groups is 1. The van der Waals surface area contributed by atoms with Gasteiger partial charge in [0.15, 0.2) is 5.96 Å². The highest BCUT2D eigenvalue weighted by molar-refractivity contribution is 14.0. The second-order valence-electron chi connectivity index (χ2n) is 6.69. The topological polar surface area (TPSA) is 53.6 Å². The van der Waals surface area contributed by atoms with E-state index in [1.165, 1.54) is 5.69 Å². The van der Waals surface area contributed by atoms with E-state index in [0.717, 1.165) is 31.6 Å². The summed E-state index contributed by atoms with van der Waals surface area (Å²) in [5.74, 6) is 0.964. The first-order valence-electron chi connectivity index (χ1n) is 8.84. The molecule has 0 amide bonds. The number of aliphatic imine (C=N–C) groups is 1. The zero-order valence-corrected chi connectivity index (χ0v) is 19.1. The van der Waals surface area contributed by atoms with Gasteiger partial charge < -0.3 is 16.0 Å². The molecule has 3 N–H and O–H groups in total. The SMILES string of the molecule is CC(NC(N)=NCC1CCN(c2ccccc2)C1)c1ccc(Cl)cc1Cl.I. The molecule has 2 unspecified atom stereocenters. The molecular weight excluding hydrogens is 494 g/mol. The van der Waals surface area contributed by atoms with Crippen molar-refractivity contribution in [1.82, 2.24) is 5.32 Å². The van der Waals surface area contributed by atoms with Crippen molar-refractivity contribution >= 4 is 58.8 Å². The highest BCUT2D eigenvalue weighted by atomic mass is 127. The molecule has 1 fully saturated rings. The monoisotopic (exact) mass is 518 g/mol. The number of benzene rings is 2. The average molecular weight is 519 g/mol. The van der Waals surface area contributed by atoms with E-state index in [1.54, 1.807) is 6.07 Å². The maximum absolute atomic E-state index is 6.25. The second kappa shape index (κ2) is 10.4. The van der Waals surface area contributed by atoms with Crippen molar-refractivity contribution in [2.45, 2.75) is 19.4 Å². The first-order chi connectivity index (χ1) is 12.5. The van der Waals surface area contributed by atoms with Crippen molar-refractivity contribution in [3.8, 4) is 0 Å². The summed E-state index contributed by atoms with van der Waals surface area (Å²) in [4.78, 5) is 6.94. The fraction of sp³-hybridized carbons (Fsp3) is 0.350. The predicted molar refractivity (Wildman–Crippen MR) is 127 cm³/mol. The quantitative estimate of drug-likeness (QED) is 0.329. The van der Waals surface area contributed by atoms with Crippen molar-refractivity contribution in [3.05, 3.63) is 64.1 Å². The molecule has 7 heteroatoms. The minimum atomic E-state index is -0.0343. The molecule has 27 heavy (non-hydrogen) atoms. The molecular formula is C20H25Cl2IN4. The van der Waals surface area contributed by atoms with Gasteiger partial charge >= 0.3 is 0 Å². The molecule has 2 aromatic carbocycles. The largest absolute Gasteiger partial charge is 0.371 e. The number of para-hydroxylation sites is 1. The van der Waals surface area contributed by atoms with Crippen LogP contribution in [0, 0.1) is 5.92 Å². The first kappa shape index (κ1) is 22.1. The van der Waals surface area contributed by atoms with Crippen LogP contribution in [0.25, 0.3) is 0 Å². The Morgan fingerprint density at radius 1 is 1.26 bits per heavy atom. The van der Waals surface area contributed by atoms with Crippen LogP contribution < -0.4 is 16.0 Å². The Bertz CT molecular complexity index is 770. The Balaban J connectivity index is 0.00000261. The normalized spacial score (nSPS) is 18.1. The average Bonchev–Trinajstić information content (AvgIpc) is 3.09. The van der Waals surface area contributed by atoms with Crippen molar-refractivity contribution in [2.75, 3.05) is 24.5 Å². The van der Waals surface area contributed by atoms with Crippen LogP contribution in [0.2, 0.25) is 10.0 Å². The number of anilines is 1. The van der Waals surface area contributed by atoms with Crippen LogP contribution in [-0.4, -0.2) is 25.6 Å². The number of nitrogens with one attached hydrogen (secondary N) is 1. The summed E-state index contributed by atoms with van der Waals surface area (Å²) in [6, 6.07) is 15.9. The number of hydrogen-bond acceptors (Lipinski definition) is 2. The molecule has 0 aliphatic carbocycles. The fourth-order valence-electron chi connectivity index (χ4n) is 3.28. The van der Waals surface area contributed by atoms with Gasteiger partial charge in [0, 0.05) is 35.4 Å². The molecule has 3 rings (SSSR count). The summed E-state index contributed by atoms with van der Waals surface area (Å²) in [7, 11) is 0. The van der Waals surface area contributed by atoms with Crippen LogP contribution in [0.3, 0.4) is 0 Å². The van der Waals surface area contributed by atoms with Gasteiger partial charge in [0.05, 0.1) is 6.04 Å². The second-order valence-corrected chi connectivity index (χ2v) is 7.54.